The van der Waals surface area contributed by atoms with Gasteiger partial charge in [0.05, 0.1) is 50.7 Å². The molecule has 3 saturated heterocycles. The highest BCUT2D eigenvalue weighted by molar-refractivity contribution is 6.62. The summed E-state index contributed by atoms with van der Waals surface area (Å²) in [5, 5.41) is 11.1. The first-order valence-electron chi connectivity index (χ1n) is 30.4. The molecule has 510 valence electrons. The number of amides is 4. The summed E-state index contributed by atoms with van der Waals surface area (Å²) in [7, 11) is -0.616. The number of pyridine rings is 4. The van der Waals surface area contributed by atoms with Crippen LogP contribution in [0.25, 0.3) is 11.1 Å². The molecule has 0 atom stereocenters. The molecule has 9 rings (SSSR count). The van der Waals surface area contributed by atoms with E-state index in [1.807, 2.05) is 59.7 Å². The number of halogens is 7. The lowest BCUT2D eigenvalue weighted by molar-refractivity contribution is -0.142. The van der Waals surface area contributed by atoms with Crippen molar-refractivity contribution in [1.82, 2.24) is 30.6 Å². The lowest BCUT2D eigenvalue weighted by Gasteiger charge is -2.32. The van der Waals surface area contributed by atoms with Gasteiger partial charge in [-0.3, -0.25) is 19.6 Å². The second-order valence-electron chi connectivity index (χ2n) is 25.1. The summed E-state index contributed by atoms with van der Waals surface area (Å²) in [6.07, 6.45) is -8.45. The summed E-state index contributed by atoms with van der Waals surface area (Å²) in [5.74, 6) is 11.8. The Morgan fingerprint density at radius 1 is 0.583 bits per heavy atom. The van der Waals surface area contributed by atoms with Gasteiger partial charge in [0.1, 0.15) is 45.6 Å². The van der Waals surface area contributed by atoms with Gasteiger partial charge in [0.2, 0.25) is 0 Å². The number of rotatable bonds is 10. The van der Waals surface area contributed by atoms with Crippen LogP contribution in [0, 0.1) is 37.5 Å². The minimum Gasteiger partial charge on any atom is -0.444 e. The third-order valence-electron chi connectivity index (χ3n) is 14.6. The minimum absolute atomic E-state index is 0.0549. The molecule has 4 amide bonds. The van der Waals surface area contributed by atoms with E-state index in [0.717, 1.165) is 65.1 Å². The fraction of sp³-hybridized carbons (Fsp3) is 0.412. The Morgan fingerprint density at radius 3 is 1.46 bits per heavy atom. The first-order valence-corrected chi connectivity index (χ1v) is 30.8. The van der Waals surface area contributed by atoms with E-state index in [-0.39, 0.29) is 24.2 Å². The van der Waals surface area contributed by atoms with E-state index < -0.39 is 77.3 Å². The van der Waals surface area contributed by atoms with Gasteiger partial charge in [-0.1, -0.05) is 41.1 Å². The van der Waals surface area contributed by atoms with Crippen molar-refractivity contribution in [3.63, 3.8) is 0 Å². The number of aryl methyl sites for hydroxylation is 2. The number of aromatic nitrogens is 4. The van der Waals surface area contributed by atoms with Crippen molar-refractivity contribution in [2.24, 2.45) is 0 Å². The molecule has 96 heavy (non-hydrogen) atoms. The summed E-state index contributed by atoms with van der Waals surface area (Å²) < 4.78 is 111. The van der Waals surface area contributed by atoms with Gasteiger partial charge in [0.15, 0.2) is 0 Å². The van der Waals surface area contributed by atoms with Gasteiger partial charge in [-0.2, -0.15) is 26.3 Å². The molecule has 7 heterocycles. The normalized spacial score (nSPS) is 15.1. The maximum Gasteiger partial charge on any atom is 0.495 e. The molecule has 2 aromatic carbocycles. The second-order valence-corrected chi connectivity index (χ2v) is 25.5. The van der Waals surface area contributed by atoms with Crippen molar-refractivity contribution in [2.45, 2.75) is 118 Å². The number of hydrogen-bond donors (Lipinski definition) is 4. The summed E-state index contributed by atoms with van der Waals surface area (Å²) >= 11 is 6.15. The highest BCUT2D eigenvalue weighted by Gasteiger charge is 2.52. The van der Waals surface area contributed by atoms with E-state index in [1.54, 1.807) is 84.0 Å². The minimum atomic E-state index is -4.67. The number of nitrogens with zero attached hydrogens (tertiary/aromatic N) is 6. The zero-order valence-electron chi connectivity index (χ0n) is 55.3. The van der Waals surface area contributed by atoms with Crippen LogP contribution in [0.5, 0.6) is 0 Å². The predicted molar refractivity (Wildman–Crippen MR) is 353 cm³/mol. The molecule has 0 bridgehead atoms. The number of carbonyl (C=O) groups excluding carboxylic acids is 4. The van der Waals surface area contributed by atoms with Gasteiger partial charge in [0.25, 0.3) is 11.8 Å². The number of ether oxygens (including phenoxy) is 4. The molecule has 4 N–H and O–H groups in total. The standard InChI is InChI=1S/C31H32F3N5O4.C20H22BF3N2O3.C17H22ClN3O3/c1-20-7-8-24(38-28(40)21-9-11-35-26(17-21)31(32,33)34)19-25(20)22-16-23(6-5-10-36-29(41)43-30(2,3)4)37-27(18-22)39-12-14-42-15-13-39;1-12-6-7-14(11-15(12)21-28-18(2,3)19(4,5)29-21)26-17(27)13-8-9-25-16(10-13)20(22,23)24;1-17(2,3)24-16(22)19-6-4-5-14-11-13(18)12-15(20-14)21-7-9-23-10-8-21/h7-9,11,16-19H,10,12-15H2,1-4H3,(H,36,41)(H,38,40);6-11H,1-5H3,(H,26,27);11-12H,6-10H2,1-3H3,(H,19,22). The van der Waals surface area contributed by atoms with Gasteiger partial charge in [-0.25, -0.2) is 19.6 Å². The van der Waals surface area contributed by atoms with Crippen molar-refractivity contribution < 1.29 is 73.8 Å². The van der Waals surface area contributed by atoms with E-state index in [9.17, 15) is 45.5 Å². The largest absolute Gasteiger partial charge is 0.495 e. The molecule has 0 radical (unpaired) electrons. The monoisotopic (exact) mass is 1350 g/mol. The van der Waals surface area contributed by atoms with Crippen LogP contribution in [-0.4, -0.2) is 139 Å². The zero-order valence-corrected chi connectivity index (χ0v) is 56.1. The van der Waals surface area contributed by atoms with Gasteiger partial charge in [-0.05, 0) is 190 Å². The molecule has 6 aromatic rings. The quantitative estimate of drug-likeness (QED) is 0.0568. The fourth-order valence-electron chi connectivity index (χ4n) is 9.14. The van der Waals surface area contributed by atoms with Crippen molar-refractivity contribution in [3.05, 3.63) is 147 Å². The van der Waals surface area contributed by atoms with Crippen LogP contribution in [0.15, 0.2) is 97.3 Å². The Bertz CT molecular complexity index is 3890. The molecular formula is C68H76BClF6N10O10. The van der Waals surface area contributed by atoms with Crippen molar-refractivity contribution in [1.29, 1.82) is 0 Å². The number of anilines is 4. The van der Waals surface area contributed by atoms with Crippen molar-refractivity contribution >= 4 is 71.2 Å². The molecule has 20 nitrogen and oxygen atoms in total. The first kappa shape index (κ1) is 74.4. The predicted octanol–water partition coefficient (Wildman–Crippen LogP) is 11.8. The number of morpholine rings is 2. The van der Waals surface area contributed by atoms with Gasteiger partial charge in [0, 0.05) is 66.1 Å². The third kappa shape index (κ3) is 22.3. The van der Waals surface area contributed by atoms with Gasteiger partial charge < -0.3 is 59.3 Å². The Labute approximate surface area is 559 Å². The molecule has 4 aromatic heterocycles. The number of nitrogens with one attached hydrogen (secondary N) is 4. The number of carbonyl (C=O) groups is 4. The average molecular weight is 1350 g/mol. The Morgan fingerprint density at radius 2 is 1.01 bits per heavy atom. The molecule has 3 fully saturated rings. The summed E-state index contributed by atoms with van der Waals surface area (Å²) in [6.45, 7) is 27.8. The molecule has 3 aliphatic rings. The summed E-state index contributed by atoms with van der Waals surface area (Å²) in [6, 6.07) is 21.5. The van der Waals surface area contributed by atoms with Crippen LogP contribution in [0.1, 0.15) is 124 Å². The van der Waals surface area contributed by atoms with Crippen LogP contribution >= 0.6 is 11.6 Å². The molecule has 3 aliphatic heterocycles. The lowest BCUT2D eigenvalue weighted by Crippen LogP contribution is -2.41. The number of alkyl carbamates (subject to hydrolysis) is 2. The van der Waals surface area contributed by atoms with E-state index in [2.05, 4.69) is 69.7 Å². The number of hydrogen-bond acceptors (Lipinski definition) is 16. The van der Waals surface area contributed by atoms with Crippen LogP contribution in [0.4, 0.5) is 58.9 Å². The first-order chi connectivity index (χ1) is 44.9. The molecule has 28 heteroatoms. The molecule has 0 unspecified atom stereocenters. The van der Waals surface area contributed by atoms with Crippen LogP contribution in [0.3, 0.4) is 0 Å². The smallest absolute Gasteiger partial charge is 0.444 e. The van der Waals surface area contributed by atoms with E-state index >= 15 is 0 Å². The van der Waals surface area contributed by atoms with Gasteiger partial charge in [-0.15, -0.1) is 0 Å². The maximum absolute atomic E-state index is 13.1. The van der Waals surface area contributed by atoms with E-state index in [1.165, 1.54) is 12.1 Å². The lowest BCUT2D eigenvalue weighted by atomic mass is 9.76. The van der Waals surface area contributed by atoms with Gasteiger partial charge >= 0.3 is 31.7 Å². The fourth-order valence-corrected chi connectivity index (χ4v) is 9.34. The Balaban J connectivity index is 0.000000214. The summed E-state index contributed by atoms with van der Waals surface area (Å²) in [4.78, 5) is 68.7. The zero-order chi connectivity index (χ0) is 70.4. The number of benzene rings is 2. The molecule has 0 aliphatic carbocycles. The van der Waals surface area contributed by atoms with Crippen LogP contribution < -0.4 is 36.5 Å². The Kier molecular flexibility index (Phi) is 24.6. The van der Waals surface area contributed by atoms with E-state index in [0.29, 0.717) is 79.2 Å². The SMILES string of the molecule is CC(C)(C)OC(=O)NCC#Cc1cc(Cl)cc(N2CCOCC2)n1.Cc1ccc(NC(=O)c2ccnc(C(F)(F)F)c2)cc1-c1cc(C#CCNC(=O)OC(C)(C)C)nc(N2CCOCC2)c1.Cc1ccc(NC(=O)c2ccnc(C(F)(F)F)c2)cc1B1OC(C)(C)C(C)(C)O1. The average Bonchev–Trinajstić information content (AvgIpc) is 1.58. The molecule has 0 saturated carbocycles. The molecular weight excluding hydrogens is 1280 g/mol. The van der Waals surface area contributed by atoms with Crippen molar-refractivity contribution in [2.75, 3.05) is 86.1 Å². The topological polar surface area (TPSA) is 230 Å². The van der Waals surface area contributed by atoms with Crippen molar-refractivity contribution in [3.8, 4) is 34.8 Å². The highest BCUT2D eigenvalue weighted by Crippen LogP contribution is 2.38. The number of alkyl halides is 6. The third-order valence-corrected chi connectivity index (χ3v) is 14.8. The van der Waals surface area contributed by atoms with Crippen LogP contribution in [0.2, 0.25) is 5.02 Å². The Hall–Kier alpha value is -8.99. The van der Waals surface area contributed by atoms with E-state index in [4.69, 9.17) is 44.8 Å². The maximum atomic E-state index is 13.1. The molecule has 0 spiro atoms. The second kappa shape index (κ2) is 31.7. The summed E-state index contributed by atoms with van der Waals surface area (Å²) in [5.41, 5.74) is 1.19. The highest BCUT2D eigenvalue weighted by atomic mass is 35.5. The van der Waals surface area contributed by atoms with Crippen LogP contribution in [-0.2, 0) is 40.6 Å².